The maximum Gasteiger partial charge on any atom is 0.191 e. The zero-order valence-corrected chi connectivity index (χ0v) is 17.7. The molecule has 0 aliphatic heterocycles. The van der Waals surface area contributed by atoms with Crippen LogP contribution < -0.4 is 10.6 Å². The molecule has 0 heterocycles. The van der Waals surface area contributed by atoms with Gasteiger partial charge in [-0.1, -0.05) is 42.5 Å². The van der Waals surface area contributed by atoms with Crippen LogP contribution in [0.4, 0.5) is 4.39 Å². The maximum absolute atomic E-state index is 12.9. The quantitative estimate of drug-likeness (QED) is 0.354. The molecule has 4 nitrogen and oxygen atoms in total. The van der Waals surface area contributed by atoms with E-state index in [9.17, 15) is 4.39 Å². The third-order valence-corrected chi connectivity index (χ3v) is 3.92. The third kappa shape index (κ3) is 8.62. The van der Waals surface area contributed by atoms with Crippen molar-refractivity contribution < 1.29 is 4.39 Å². The molecule has 6 heteroatoms. The summed E-state index contributed by atoms with van der Waals surface area (Å²) in [6.07, 6.45) is 0.964. The zero-order valence-electron chi connectivity index (χ0n) is 15.4. The van der Waals surface area contributed by atoms with Crippen molar-refractivity contribution in [3.63, 3.8) is 0 Å². The second-order valence-corrected chi connectivity index (χ2v) is 6.03. The molecule has 0 unspecified atom stereocenters. The normalized spacial score (nSPS) is 11.2. The summed E-state index contributed by atoms with van der Waals surface area (Å²) < 4.78 is 12.9. The SMILES string of the molecule is CN=C(NCCc1ccccc1)NCCN(C)Cc1ccc(F)cc1.I. The van der Waals surface area contributed by atoms with Gasteiger partial charge in [-0.25, -0.2) is 4.39 Å². The van der Waals surface area contributed by atoms with E-state index in [1.165, 1.54) is 17.7 Å². The molecule has 0 aliphatic carbocycles. The van der Waals surface area contributed by atoms with Gasteiger partial charge in [0, 0.05) is 33.2 Å². The van der Waals surface area contributed by atoms with Crippen molar-refractivity contribution in [1.29, 1.82) is 0 Å². The molecular formula is C20H28FIN4. The van der Waals surface area contributed by atoms with Crippen LogP contribution >= 0.6 is 24.0 Å². The van der Waals surface area contributed by atoms with Gasteiger partial charge in [-0.05, 0) is 36.7 Å². The van der Waals surface area contributed by atoms with Crippen LogP contribution in [0.1, 0.15) is 11.1 Å². The van der Waals surface area contributed by atoms with E-state index in [0.717, 1.165) is 44.1 Å². The number of likely N-dealkylation sites (N-methyl/N-ethyl adjacent to an activating group) is 1. The van der Waals surface area contributed by atoms with Crippen LogP contribution in [0.15, 0.2) is 59.6 Å². The second-order valence-electron chi connectivity index (χ2n) is 6.03. The molecule has 0 aliphatic rings. The minimum Gasteiger partial charge on any atom is -0.356 e. The van der Waals surface area contributed by atoms with E-state index in [-0.39, 0.29) is 29.8 Å². The highest BCUT2D eigenvalue weighted by molar-refractivity contribution is 14.0. The van der Waals surface area contributed by atoms with Crippen LogP contribution in [0.3, 0.4) is 0 Å². The van der Waals surface area contributed by atoms with Crippen molar-refractivity contribution in [1.82, 2.24) is 15.5 Å². The molecule has 0 saturated carbocycles. The van der Waals surface area contributed by atoms with Crippen molar-refractivity contribution >= 4 is 29.9 Å². The van der Waals surface area contributed by atoms with E-state index in [1.54, 1.807) is 7.05 Å². The first-order valence-electron chi connectivity index (χ1n) is 8.59. The van der Waals surface area contributed by atoms with Crippen molar-refractivity contribution in [2.45, 2.75) is 13.0 Å². The van der Waals surface area contributed by atoms with Crippen molar-refractivity contribution in [2.24, 2.45) is 4.99 Å². The lowest BCUT2D eigenvalue weighted by Gasteiger charge is -2.18. The molecule has 0 spiro atoms. The Balaban J connectivity index is 0.00000338. The molecule has 0 atom stereocenters. The van der Waals surface area contributed by atoms with Gasteiger partial charge >= 0.3 is 0 Å². The average Bonchev–Trinajstić information content (AvgIpc) is 2.63. The topological polar surface area (TPSA) is 39.7 Å². The molecule has 2 aromatic rings. The van der Waals surface area contributed by atoms with Crippen LogP contribution in [0.5, 0.6) is 0 Å². The Bertz CT molecular complexity index is 647. The smallest absolute Gasteiger partial charge is 0.191 e. The molecule has 0 fully saturated rings. The average molecular weight is 470 g/mol. The van der Waals surface area contributed by atoms with E-state index in [0.29, 0.717) is 0 Å². The second kappa shape index (κ2) is 12.6. The lowest BCUT2D eigenvalue weighted by Crippen LogP contribution is -2.41. The molecule has 0 bridgehead atoms. The maximum atomic E-state index is 12.9. The van der Waals surface area contributed by atoms with E-state index in [4.69, 9.17) is 0 Å². The highest BCUT2D eigenvalue weighted by Crippen LogP contribution is 2.05. The van der Waals surface area contributed by atoms with Crippen LogP contribution in [0, 0.1) is 5.82 Å². The number of aliphatic imine (C=N–C) groups is 1. The summed E-state index contributed by atoms with van der Waals surface area (Å²) in [7, 11) is 3.83. The Labute approximate surface area is 172 Å². The molecule has 2 N–H and O–H groups in total. The monoisotopic (exact) mass is 470 g/mol. The molecule has 0 amide bonds. The number of nitrogens with zero attached hydrogens (tertiary/aromatic N) is 2. The van der Waals surface area contributed by atoms with Gasteiger partial charge in [0.25, 0.3) is 0 Å². The standard InChI is InChI=1S/C20H27FN4.HI/c1-22-20(23-13-12-17-6-4-3-5-7-17)24-14-15-25(2)16-18-8-10-19(21)11-9-18;/h3-11H,12-16H2,1-2H3,(H2,22,23,24);1H. The van der Waals surface area contributed by atoms with Gasteiger partial charge < -0.3 is 15.5 Å². The lowest BCUT2D eigenvalue weighted by atomic mass is 10.1. The van der Waals surface area contributed by atoms with Gasteiger partial charge in [-0.3, -0.25) is 4.99 Å². The number of hydrogen-bond acceptors (Lipinski definition) is 2. The van der Waals surface area contributed by atoms with E-state index in [1.807, 2.05) is 18.2 Å². The Morgan fingerprint density at radius 2 is 1.62 bits per heavy atom. The van der Waals surface area contributed by atoms with Gasteiger partial charge in [-0.15, -0.1) is 24.0 Å². The summed E-state index contributed by atoms with van der Waals surface area (Å²) in [4.78, 5) is 6.44. The summed E-state index contributed by atoms with van der Waals surface area (Å²) in [5.41, 5.74) is 2.42. The summed E-state index contributed by atoms with van der Waals surface area (Å²) in [6, 6.07) is 17.0. The third-order valence-electron chi connectivity index (χ3n) is 3.92. The first kappa shape index (κ1) is 22.4. The minimum absolute atomic E-state index is 0. The molecule has 0 saturated heterocycles. The molecule has 0 aromatic heterocycles. The van der Waals surface area contributed by atoms with Gasteiger partial charge in [0.05, 0.1) is 0 Å². The number of halogens is 2. The number of nitrogens with one attached hydrogen (secondary N) is 2. The lowest BCUT2D eigenvalue weighted by molar-refractivity contribution is 0.331. The van der Waals surface area contributed by atoms with Crippen molar-refractivity contribution in [2.75, 3.05) is 33.7 Å². The van der Waals surface area contributed by atoms with Gasteiger partial charge in [0.2, 0.25) is 0 Å². The van der Waals surface area contributed by atoms with Crippen LogP contribution in [0.2, 0.25) is 0 Å². The first-order valence-corrected chi connectivity index (χ1v) is 8.59. The number of hydrogen-bond donors (Lipinski definition) is 2. The predicted octanol–water partition coefficient (Wildman–Crippen LogP) is 3.28. The highest BCUT2D eigenvalue weighted by Gasteiger charge is 2.02. The number of benzene rings is 2. The first-order chi connectivity index (χ1) is 12.2. The molecule has 0 radical (unpaired) electrons. The summed E-state index contributed by atoms with van der Waals surface area (Å²) in [5.74, 6) is 0.615. The number of guanidine groups is 1. The Hall–Kier alpha value is -1.67. The Kier molecular flexibility index (Phi) is 10.9. The highest BCUT2D eigenvalue weighted by atomic mass is 127. The van der Waals surface area contributed by atoms with Crippen molar-refractivity contribution in [3.8, 4) is 0 Å². The summed E-state index contributed by atoms with van der Waals surface area (Å²) >= 11 is 0. The van der Waals surface area contributed by atoms with Crippen LogP contribution in [-0.4, -0.2) is 44.6 Å². The molecule has 26 heavy (non-hydrogen) atoms. The molecule has 2 rings (SSSR count). The van der Waals surface area contributed by atoms with Gasteiger partial charge in [0.1, 0.15) is 5.82 Å². The summed E-state index contributed by atoms with van der Waals surface area (Å²) in [5, 5.41) is 6.64. The fourth-order valence-corrected chi connectivity index (χ4v) is 2.54. The minimum atomic E-state index is -0.196. The predicted molar refractivity (Wildman–Crippen MR) is 118 cm³/mol. The Morgan fingerprint density at radius 3 is 2.27 bits per heavy atom. The summed E-state index contributed by atoms with van der Waals surface area (Å²) in [6.45, 7) is 3.30. The van der Waals surface area contributed by atoms with E-state index < -0.39 is 0 Å². The van der Waals surface area contributed by atoms with Gasteiger partial charge in [-0.2, -0.15) is 0 Å². The fraction of sp³-hybridized carbons (Fsp3) is 0.350. The van der Waals surface area contributed by atoms with E-state index >= 15 is 0 Å². The zero-order chi connectivity index (χ0) is 17.9. The molecule has 2 aromatic carbocycles. The van der Waals surface area contributed by atoms with E-state index in [2.05, 4.69) is 51.8 Å². The number of rotatable bonds is 8. The van der Waals surface area contributed by atoms with Crippen LogP contribution in [-0.2, 0) is 13.0 Å². The Morgan fingerprint density at radius 1 is 0.962 bits per heavy atom. The fourth-order valence-electron chi connectivity index (χ4n) is 2.54. The molecular weight excluding hydrogens is 442 g/mol. The van der Waals surface area contributed by atoms with Crippen molar-refractivity contribution in [3.05, 3.63) is 71.5 Å². The van der Waals surface area contributed by atoms with Crippen LogP contribution in [0.25, 0.3) is 0 Å². The largest absolute Gasteiger partial charge is 0.356 e. The molecule has 142 valence electrons. The van der Waals surface area contributed by atoms with Gasteiger partial charge in [0.15, 0.2) is 5.96 Å².